The lowest BCUT2D eigenvalue weighted by atomic mass is 9.99. The van der Waals surface area contributed by atoms with Gasteiger partial charge in [0.05, 0.1) is 13.0 Å². The Kier molecular flexibility index (Phi) is 8.71. The van der Waals surface area contributed by atoms with E-state index in [-0.39, 0.29) is 24.8 Å². The van der Waals surface area contributed by atoms with E-state index in [1.807, 2.05) is 30.3 Å². The van der Waals surface area contributed by atoms with E-state index in [2.05, 4.69) is 10.6 Å². The van der Waals surface area contributed by atoms with Crippen LogP contribution in [0.1, 0.15) is 58.9 Å². The van der Waals surface area contributed by atoms with Crippen molar-refractivity contribution in [1.29, 1.82) is 0 Å². The van der Waals surface area contributed by atoms with Gasteiger partial charge in [-0.25, -0.2) is 4.79 Å². The number of likely N-dealkylation sites (tertiary alicyclic amines) is 1. The van der Waals surface area contributed by atoms with Gasteiger partial charge in [-0.3, -0.25) is 14.4 Å². The van der Waals surface area contributed by atoms with Crippen LogP contribution in [0.15, 0.2) is 30.3 Å². The van der Waals surface area contributed by atoms with Gasteiger partial charge in [0, 0.05) is 6.54 Å². The highest BCUT2D eigenvalue weighted by Crippen LogP contribution is 2.22. The molecule has 10 nitrogen and oxygen atoms in total. The molecule has 2 aliphatic rings. The summed E-state index contributed by atoms with van der Waals surface area (Å²) in [7, 11) is 0. The summed E-state index contributed by atoms with van der Waals surface area (Å²) in [5, 5.41) is 5.39. The monoisotopic (exact) mass is 489 g/mol. The number of alkyl carbamates (subject to hydrolysis) is 1. The first-order valence-corrected chi connectivity index (χ1v) is 12.0. The third-order valence-electron chi connectivity index (χ3n) is 5.74. The van der Waals surface area contributed by atoms with Crippen LogP contribution in [0, 0.1) is 0 Å². The van der Waals surface area contributed by atoms with Gasteiger partial charge in [-0.15, -0.1) is 0 Å². The van der Waals surface area contributed by atoms with Crippen molar-refractivity contribution in [2.24, 2.45) is 0 Å². The van der Waals surface area contributed by atoms with Gasteiger partial charge in [0.2, 0.25) is 18.1 Å². The molecule has 0 radical (unpaired) electrons. The SMILES string of the molecule is C[C@H](NC(=O)OC(C)(C)C)C(=O)N1CCCC[C@H]1C(=O)N[C@H]1CC(=O)OC1OCc1ccccc1. The van der Waals surface area contributed by atoms with E-state index in [1.165, 1.54) is 4.90 Å². The second kappa shape index (κ2) is 11.5. The van der Waals surface area contributed by atoms with Crippen molar-refractivity contribution in [3.63, 3.8) is 0 Å². The Labute approximate surface area is 205 Å². The standard InChI is InChI=1S/C25H35N3O7/c1-16(26-24(32)35-25(2,3)4)22(31)28-13-9-8-12-19(28)21(30)27-18-14-20(29)34-23(18)33-15-17-10-6-5-7-11-17/h5-7,10-11,16,18-19,23H,8-9,12-15H2,1-4H3,(H,26,32)(H,27,30)/t16-,18-,19-,23?/m0/s1. The van der Waals surface area contributed by atoms with E-state index in [9.17, 15) is 19.2 Å². The Morgan fingerprint density at radius 1 is 1.17 bits per heavy atom. The summed E-state index contributed by atoms with van der Waals surface area (Å²) < 4.78 is 16.2. The Bertz CT molecular complexity index is 915. The summed E-state index contributed by atoms with van der Waals surface area (Å²) in [4.78, 5) is 51.8. The second-order valence-electron chi connectivity index (χ2n) is 9.89. The lowest BCUT2D eigenvalue weighted by Gasteiger charge is -2.37. The molecule has 10 heteroatoms. The minimum atomic E-state index is -0.910. The third kappa shape index (κ3) is 7.68. The number of rotatable bonds is 7. The summed E-state index contributed by atoms with van der Waals surface area (Å²) in [6, 6.07) is 7.20. The van der Waals surface area contributed by atoms with Crippen molar-refractivity contribution >= 4 is 23.9 Å². The number of esters is 1. The zero-order valence-corrected chi connectivity index (χ0v) is 20.7. The highest BCUT2D eigenvalue weighted by molar-refractivity contribution is 5.91. The maximum absolute atomic E-state index is 13.2. The van der Waals surface area contributed by atoms with Gasteiger partial charge in [-0.05, 0) is 52.5 Å². The van der Waals surface area contributed by atoms with Crippen LogP contribution in [-0.4, -0.2) is 65.3 Å². The van der Waals surface area contributed by atoms with Crippen molar-refractivity contribution in [2.75, 3.05) is 6.54 Å². The number of nitrogens with zero attached hydrogens (tertiary/aromatic N) is 1. The predicted molar refractivity (Wildman–Crippen MR) is 126 cm³/mol. The van der Waals surface area contributed by atoms with Gasteiger partial charge in [-0.2, -0.15) is 0 Å². The second-order valence-corrected chi connectivity index (χ2v) is 9.89. The van der Waals surface area contributed by atoms with Gasteiger partial charge >= 0.3 is 12.1 Å². The minimum absolute atomic E-state index is 0.0114. The Hall–Kier alpha value is -3.14. The maximum Gasteiger partial charge on any atom is 0.408 e. The summed E-state index contributed by atoms with van der Waals surface area (Å²) in [5.41, 5.74) is 0.219. The topological polar surface area (TPSA) is 123 Å². The Morgan fingerprint density at radius 3 is 2.57 bits per heavy atom. The zero-order chi connectivity index (χ0) is 25.6. The average Bonchev–Trinajstić information content (AvgIpc) is 3.15. The number of carbonyl (C=O) groups excluding carboxylic acids is 4. The van der Waals surface area contributed by atoms with Crippen LogP contribution in [-0.2, 0) is 35.2 Å². The molecule has 192 valence electrons. The van der Waals surface area contributed by atoms with Crippen molar-refractivity contribution in [1.82, 2.24) is 15.5 Å². The van der Waals surface area contributed by atoms with Crippen LogP contribution in [0.3, 0.4) is 0 Å². The first-order chi connectivity index (χ1) is 16.5. The van der Waals surface area contributed by atoms with Gasteiger partial charge in [0.15, 0.2) is 0 Å². The van der Waals surface area contributed by atoms with Crippen LogP contribution in [0.25, 0.3) is 0 Å². The van der Waals surface area contributed by atoms with Crippen LogP contribution in [0.5, 0.6) is 0 Å². The Morgan fingerprint density at radius 2 is 1.89 bits per heavy atom. The lowest BCUT2D eigenvalue weighted by molar-refractivity contribution is -0.168. The number of benzene rings is 1. The number of cyclic esters (lactones) is 1. The van der Waals surface area contributed by atoms with E-state index >= 15 is 0 Å². The number of nitrogens with one attached hydrogen (secondary N) is 2. The molecule has 0 spiro atoms. The molecule has 2 saturated heterocycles. The molecule has 0 bridgehead atoms. The highest BCUT2D eigenvalue weighted by atomic mass is 16.7. The molecule has 3 amide bonds. The fourth-order valence-corrected chi connectivity index (χ4v) is 4.10. The van der Waals surface area contributed by atoms with Crippen LogP contribution in [0.4, 0.5) is 4.79 Å². The molecule has 2 fully saturated rings. The molecule has 0 saturated carbocycles. The number of piperidine rings is 1. The molecule has 2 heterocycles. The van der Waals surface area contributed by atoms with Crippen molar-refractivity contribution in [3.8, 4) is 0 Å². The first-order valence-electron chi connectivity index (χ1n) is 12.0. The number of carbonyl (C=O) groups is 4. The van der Waals surface area contributed by atoms with Gasteiger partial charge < -0.3 is 29.7 Å². The van der Waals surface area contributed by atoms with E-state index in [4.69, 9.17) is 14.2 Å². The molecule has 2 N–H and O–H groups in total. The molecule has 0 aromatic heterocycles. The normalized spacial score (nSPS) is 23.3. The van der Waals surface area contributed by atoms with Crippen molar-refractivity contribution in [2.45, 2.75) is 90.0 Å². The highest BCUT2D eigenvalue weighted by Gasteiger charge is 2.40. The largest absolute Gasteiger partial charge is 0.444 e. The molecule has 1 aromatic carbocycles. The molecule has 4 atom stereocenters. The number of hydrogen-bond acceptors (Lipinski definition) is 7. The van der Waals surface area contributed by atoms with Crippen molar-refractivity contribution < 1.29 is 33.4 Å². The summed E-state index contributed by atoms with van der Waals surface area (Å²) >= 11 is 0. The Balaban J connectivity index is 1.60. The smallest absolute Gasteiger partial charge is 0.408 e. The first kappa shape index (κ1) is 26.5. The number of amides is 3. The molecule has 1 aromatic rings. The number of hydrogen-bond donors (Lipinski definition) is 2. The molecule has 2 aliphatic heterocycles. The molecule has 3 rings (SSSR count). The predicted octanol–water partition coefficient (Wildman–Crippen LogP) is 2.26. The molecule has 1 unspecified atom stereocenters. The maximum atomic E-state index is 13.2. The van der Waals surface area contributed by atoms with E-state index in [0.717, 1.165) is 18.4 Å². The summed E-state index contributed by atoms with van der Waals surface area (Å²) in [6.45, 7) is 7.39. The van der Waals surface area contributed by atoms with E-state index in [1.54, 1.807) is 27.7 Å². The lowest BCUT2D eigenvalue weighted by Crippen LogP contribution is -2.58. The van der Waals surface area contributed by atoms with Crippen LogP contribution >= 0.6 is 0 Å². The van der Waals surface area contributed by atoms with E-state index < -0.39 is 42.1 Å². The van der Waals surface area contributed by atoms with Gasteiger partial charge in [-0.1, -0.05) is 30.3 Å². The fraction of sp³-hybridized carbons (Fsp3) is 0.600. The molecular formula is C25H35N3O7. The minimum Gasteiger partial charge on any atom is -0.444 e. The van der Waals surface area contributed by atoms with Crippen LogP contribution in [0.2, 0.25) is 0 Å². The number of ether oxygens (including phenoxy) is 3. The fourth-order valence-electron chi connectivity index (χ4n) is 4.10. The molecular weight excluding hydrogens is 454 g/mol. The summed E-state index contributed by atoms with van der Waals surface area (Å²) in [5.74, 6) is -1.20. The van der Waals surface area contributed by atoms with Crippen LogP contribution < -0.4 is 10.6 Å². The zero-order valence-electron chi connectivity index (χ0n) is 20.7. The van der Waals surface area contributed by atoms with Crippen molar-refractivity contribution in [3.05, 3.63) is 35.9 Å². The third-order valence-corrected chi connectivity index (χ3v) is 5.74. The average molecular weight is 490 g/mol. The molecule has 0 aliphatic carbocycles. The van der Waals surface area contributed by atoms with Gasteiger partial charge in [0.25, 0.3) is 0 Å². The van der Waals surface area contributed by atoms with Gasteiger partial charge in [0.1, 0.15) is 23.7 Å². The molecule has 35 heavy (non-hydrogen) atoms. The quantitative estimate of drug-likeness (QED) is 0.563. The van der Waals surface area contributed by atoms with E-state index in [0.29, 0.717) is 13.0 Å². The summed E-state index contributed by atoms with van der Waals surface area (Å²) in [6.07, 6.45) is 0.395.